The summed E-state index contributed by atoms with van der Waals surface area (Å²) in [5.41, 5.74) is 4.22. The molecule has 1 aromatic carbocycles. The number of para-hydroxylation sites is 2. The predicted octanol–water partition coefficient (Wildman–Crippen LogP) is 4.74. The van der Waals surface area contributed by atoms with Crippen LogP contribution in [0, 0.1) is 5.92 Å². The molecule has 8 nitrogen and oxygen atoms in total. The van der Waals surface area contributed by atoms with E-state index >= 15 is 0 Å². The van der Waals surface area contributed by atoms with Crippen LogP contribution in [0.3, 0.4) is 0 Å². The van der Waals surface area contributed by atoms with Gasteiger partial charge < -0.3 is 19.5 Å². The molecule has 1 amide bonds. The van der Waals surface area contributed by atoms with Crippen LogP contribution in [0.15, 0.2) is 53.2 Å². The maximum atomic E-state index is 13.6. The van der Waals surface area contributed by atoms with Crippen molar-refractivity contribution in [1.29, 1.82) is 0 Å². The molecule has 0 unspecified atom stereocenters. The SMILES string of the molecule is CCOC(=O)C1CCN(c2nc(-c3ccsc3)ccc2C(=O)N(C)Cc2nc3ccccc3[nH]2)CC1. The van der Waals surface area contributed by atoms with Crippen LogP contribution in [0.25, 0.3) is 22.3 Å². The van der Waals surface area contributed by atoms with E-state index in [1.54, 1.807) is 23.3 Å². The van der Waals surface area contributed by atoms with Gasteiger partial charge in [-0.25, -0.2) is 9.97 Å². The van der Waals surface area contributed by atoms with Gasteiger partial charge in [-0.15, -0.1) is 0 Å². The lowest BCUT2D eigenvalue weighted by atomic mass is 9.96. The van der Waals surface area contributed by atoms with Crippen molar-refractivity contribution in [2.75, 3.05) is 31.6 Å². The number of pyridine rings is 1. The van der Waals surface area contributed by atoms with Gasteiger partial charge in [0.15, 0.2) is 0 Å². The van der Waals surface area contributed by atoms with Crippen LogP contribution in [0.1, 0.15) is 35.9 Å². The standard InChI is InChI=1S/C27H29N5O3S/c1-3-35-27(34)18-10-13-32(14-11-18)25-20(8-9-21(30-25)19-12-15-36-17-19)26(33)31(2)16-24-28-22-6-4-5-7-23(22)29-24/h4-9,12,15,17-18H,3,10-11,13-14,16H2,1-2H3,(H,28,29). The number of thiophene rings is 1. The Balaban J connectivity index is 1.40. The third kappa shape index (κ3) is 4.97. The molecule has 1 saturated heterocycles. The molecule has 0 aliphatic carbocycles. The monoisotopic (exact) mass is 503 g/mol. The molecule has 1 aliphatic heterocycles. The summed E-state index contributed by atoms with van der Waals surface area (Å²) in [5.74, 6) is 1.01. The molecule has 0 spiro atoms. The van der Waals surface area contributed by atoms with Gasteiger partial charge in [-0.3, -0.25) is 9.59 Å². The van der Waals surface area contributed by atoms with Gasteiger partial charge in [-0.2, -0.15) is 11.3 Å². The molecule has 36 heavy (non-hydrogen) atoms. The molecular formula is C27H29N5O3S. The molecule has 0 radical (unpaired) electrons. The highest BCUT2D eigenvalue weighted by atomic mass is 32.1. The first-order chi connectivity index (χ1) is 17.5. The minimum Gasteiger partial charge on any atom is -0.466 e. The number of aromatic amines is 1. The van der Waals surface area contributed by atoms with Crippen molar-refractivity contribution >= 4 is 40.1 Å². The van der Waals surface area contributed by atoms with Gasteiger partial charge in [0.1, 0.15) is 11.6 Å². The highest BCUT2D eigenvalue weighted by Gasteiger charge is 2.29. The zero-order valence-corrected chi connectivity index (χ0v) is 21.3. The van der Waals surface area contributed by atoms with E-state index in [-0.39, 0.29) is 17.8 Å². The van der Waals surface area contributed by atoms with E-state index in [1.807, 2.05) is 60.1 Å². The largest absolute Gasteiger partial charge is 0.466 e. The quantitative estimate of drug-likeness (QED) is 0.367. The Bertz CT molecular complexity index is 1330. The average Bonchev–Trinajstić information content (AvgIpc) is 3.58. The highest BCUT2D eigenvalue weighted by molar-refractivity contribution is 7.08. The maximum absolute atomic E-state index is 13.6. The number of amides is 1. The summed E-state index contributed by atoms with van der Waals surface area (Å²) in [6, 6.07) is 13.6. The van der Waals surface area contributed by atoms with E-state index < -0.39 is 0 Å². The van der Waals surface area contributed by atoms with Gasteiger partial charge in [0.2, 0.25) is 0 Å². The van der Waals surface area contributed by atoms with E-state index in [0.29, 0.717) is 50.5 Å². The number of fused-ring (bicyclic) bond motifs is 1. The number of ether oxygens (including phenoxy) is 1. The Morgan fingerprint density at radius 1 is 1.14 bits per heavy atom. The number of rotatable bonds is 7. The second-order valence-corrected chi connectivity index (χ2v) is 9.73. The molecule has 4 heterocycles. The van der Waals surface area contributed by atoms with Crippen LogP contribution in [-0.2, 0) is 16.1 Å². The number of nitrogens with one attached hydrogen (secondary N) is 1. The van der Waals surface area contributed by atoms with Crippen LogP contribution in [0.5, 0.6) is 0 Å². The lowest BCUT2D eigenvalue weighted by Crippen LogP contribution is -2.39. The third-order valence-electron chi connectivity index (χ3n) is 6.51. The Labute approximate surface area is 213 Å². The number of piperidine rings is 1. The fraction of sp³-hybridized carbons (Fsp3) is 0.333. The van der Waals surface area contributed by atoms with Crippen LogP contribution in [-0.4, -0.2) is 58.5 Å². The van der Waals surface area contributed by atoms with Crippen LogP contribution >= 0.6 is 11.3 Å². The van der Waals surface area contributed by atoms with Crippen molar-refractivity contribution in [3.63, 3.8) is 0 Å². The lowest BCUT2D eigenvalue weighted by Gasteiger charge is -2.33. The number of aromatic nitrogens is 3. The van der Waals surface area contributed by atoms with Gasteiger partial charge in [0, 0.05) is 31.1 Å². The highest BCUT2D eigenvalue weighted by Crippen LogP contribution is 2.30. The second kappa shape index (κ2) is 10.5. The van der Waals surface area contributed by atoms with E-state index in [1.165, 1.54) is 0 Å². The molecular weight excluding hydrogens is 474 g/mol. The number of hydrogen-bond donors (Lipinski definition) is 1. The number of imidazole rings is 1. The Hall–Kier alpha value is -3.72. The molecule has 1 aliphatic rings. The molecule has 0 atom stereocenters. The number of nitrogens with zero attached hydrogens (tertiary/aromatic N) is 4. The maximum Gasteiger partial charge on any atom is 0.309 e. The molecule has 186 valence electrons. The molecule has 0 saturated carbocycles. The smallest absolute Gasteiger partial charge is 0.309 e. The number of hydrogen-bond acceptors (Lipinski definition) is 7. The fourth-order valence-corrected chi connectivity index (χ4v) is 5.25. The van der Waals surface area contributed by atoms with E-state index in [2.05, 4.69) is 14.9 Å². The van der Waals surface area contributed by atoms with Crippen molar-refractivity contribution in [3.8, 4) is 11.3 Å². The lowest BCUT2D eigenvalue weighted by molar-refractivity contribution is -0.148. The van der Waals surface area contributed by atoms with E-state index in [9.17, 15) is 9.59 Å². The van der Waals surface area contributed by atoms with Gasteiger partial charge in [0.25, 0.3) is 5.91 Å². The van der Waals surface area contributed by atoms with Crippen LogP contribution < -0.4 is 4.90 Å². The summed E-state index contributed by atoms with van der Waals surface area (Å²) in [7, 11) is 1.78. The van der Waals surface area contributed by atoms with Crippen molar-refractivity contribution in [3.05, 3.63) is 64.6 Å². The van der Waals surface area contributed by atoms with Gasteiger partial charge in [0.05, 0.1) is 41.4 Å². The van der Waals surface area contributed by atoms with Crippen molar-refractivity contribution < 1.29 is 14.3 Å². The normalized spacial score (nSPS) is 14.2. The molecule has 9 heteroatoms. The van der Waals surface area contributed by atoms with Crippen LogP contribution in [0.4, 0.5) is 5.82 Å². The Morgan fingerprint density at radius 3 is 2.67 bits per heavy atom. The molecule has 5 rings (SSSR count). The summed E-state index contributed by atoms with van der Waals surface area (Å²) in [6.45, 7) is 3.84. The number of anilines is 1. The van der Waals surface area contributed by atoms with E-state index in [0.717, 1.165) is 28.1 Å². The summed E-state index contributed by atoms with van der Waals surface area (Å²) >= 11 is 1.61. The van der Waals surface area contributed by atoms with Crippen molar-refractivity contribution in [1.82, 2.24) is 19.9 Å². The van der Waals surface area contributed by atoms with Crippen molar-refractivity contribution in [2.24, 2.45) is 5.92 Å². The first kappa shape index (κ1) is 24.0. The summed E-state index contributed by atoms with van der Waals surface area (Å²) < 4.78 is 5.22. The minimum atomic E-state index is -0.140. The first-order valence-corrected chi connectivity index (χ1v) is 13.1. The Kier molecular flexibility index (Phi) is 6.99. The topological polar surface area (TPSA) is 91.4 Å². The third-order valence-corrected chi connectivity index (χ3v) is 7.19. The molecule has 1 fully saturated rings. The summed E-state index contributed by atoms with van der Waals surface area (Å²) in [6.07, 6.45) is 1.34. The zero-order chi connectivity index (χ0) is 25.1. The molecule has 0 bridgehead atoms. The Morgan fingerprint density at radius 2 is 1.94 bits per heavy atom. The predicted molar refractivity (Wildman–Crippen MR) is 141 cm³/mol. The van der Waals surface area contributed by atoms with Gasteiger partial charge in [-0.05, 0) is 55.5 Å². The fourth-order valence-electron chi connectivity index (χ4n) is 4.60. The summed E-state index contributed by atoms with van der Waals surface area (Å²) in [4.78, 5) is 42.5. The molecule has 3 aromatic heterocycles. The number of benzene rings is 1. The average molecular weight is 504 g/mol. The number of carbonyl (C=O) groups is 2. The van der Waals surface area contributed by atoms with Gasteiger partial charge in [-0.1, -0.05) is 12.1 Å². The van der Waals surface area contributed by atoms with Gasteiger partial charge >= 0.3 is 5.97 Å². The second-order valence-electron chi connectivity index (χ2n) is 8.95. The molecule has 4 aromatic rings. The summed E-state index contributed by atoms with van der Waals surface area (Å²) in [5, 5.41) is 4.07. The minimum absolute atomic E-state index is 0.115. The first-order valence-electron chi connectivity index (χ1n) is 12.2. The number of carbonyl (C=O) groups excluding carboxylic acids is 2. The number of H-pyrrole nitrogens is 1. The van der Waals surface area contributed by atoms with Crippen molar-refractivity contribution in [2.45, 2.75) is 26.3 Å². The molecule has 1 N–H and O–H groups in total. The van der Waals surface area contributed by atoms with Crippen LogP contribution in [0.2, 0.25) is 0 Å². The van der Waals surface area contributed by atoms with E-state index in [4.69, 9.17) is 9.72 Å². The number of esters is 1. The zero-order valence-electron chi connectivity index (χ0n) is 20.4.